The van der Waals surface area contributed by atoms with Gasteiger partial charge in [0.05, 0.1) is 0 Å². The zero-order valence-electron chi connectivity index (χ0n) is 11.6. The first kappa shape index (κ1) is 14.9. The Morgan fingerprint density at radius 3 is 2.71 bits per heavy atom. The molecule has 2 aromatic rings. The average Bonchev–Trinajstić information content (AvgIpc) is 2.85. The molecule has 2 rings (SSSR count). The van der Waals surface area contributed by atoms with E-state index in [-0.39, 0.29) is 5.57 Å². The van der Waals surface area contributed by atoms with E-state index in [1.807, 2.05) is 13.0 Å². The van der Waals surface area contributed by atoms with Crippen LogP contribution in [0.5, 0.6) is 0 Å². The molecule has 0 radical (unpaired) electrons. The van der Waals surface area contributed by atoms with Crippen molar-refractivity contribution < 1.29 is 9.21 Å². The molecule has 1 amide bonds. The van der Waals surface area contributed by atoms with Gasteiger partial charge in [-0.1, -0.05) is 17.7 Å². The average molecular weight is 301 g/mol. The largest absolute Gasteiger partial charge is 0.462 e. The molecular weight excluding hydrogens is 288 g/mol. The molecule has 0 bridgehead atoms. The van der Waals surface area contributed by atoms with Crippen LogP contribution in [0.1, 0.15) is 17.1 Å². The summed E-state index contributed by atoms with van der Waals surface area (Å²) >= 11 is 5.90. The lowest BCUT2D eigenvalue weighted by atomic mass is 10.1. The summed E-state index contributed by atoms with van der Waals surface area (Å²) in [6, 6.07) is 10.5. The molecule has 4 nitrogen and oxygen atoms in total. The summed E-state index contributed by atoms with van der Waals surface area (Å²) in [6.45, 7) is 3.64. The fourth-order valence-electron chi connectivity index (χ4n) is 1.74. The molecule has 0 saturated heterocycles. The van der Waals surface area contributed by atoms with Crippen molar-refractivity contribution >= 4 is 29.3 Å². The summed E-state index contributed by atoms with van der Waals surface area (Å²) in [6.07, 6.45) is 1.40. The minimum absolute atomic E-state index is 0.0382. The van der Waals surface area contributed by atoms with Gasteiger partial charge in [-0.05, 0) is 43.7 Å². The van der Waals surface area contributed by atoms with Crippen molar-refractivity contribution in [1.82, 2.24) is 0 Å². The molecular formula is C16H13ClN2O2. The van der Waals surface area contributed by atoms with Gasteiger partial charge in [0.25, 0.3) is 5.91 Å². The smallest absolute Gasteiger partial charge is 0.266 e. The molecule has 0 aliphatic carbocycles. The number of anilines is 1. The molecule has 0 aliphatic rings. The van der Waals surface area contributed by atoms with Crippen LogP contribution in [-0.2, 0) is 4.79 Å². The van der Waals surface area contributed by atoms with E-state index in [0.29, 0.717) is 22.2 Å². The highest BCUT2D eigenvalue weighted by Gasteiger charge is 2.12. The third-order valence-corrected chi connectivity index (χ3v) is 3.10. The first-order valence-corrected chi connectivity index (χ1v) is 6.63. The number of rotatable bonds is 3. The van der Waals surface area contributed by atoms with Gasteiger partial charge < -0.3 is 9.73 Å². The summed E-state index contributed by atoms with van der Waals surface area (Å²) in [5.41, 5.74) is 1.40. The lowest BCUT2D eigenvalue weighted by Gasteiger charge is -2.07. The summed E-state index contributed by atoms with van der Waals surface area (Å²) in [7, 11) is 0. The first-order chi connectivity index (χ1) is 9.99. The van der Waals surface area contributed by atoms with Crippen LogP contribution in [0.2, 0.25) is 5.02 Å². The third-order valence-electron chi connectivity index (χ3n) is 2.86. The fraction of sp³-hybridized carbons (Fsp3) is 0.125. The highest BCUT2D eigenvalue weighted by molar-refractivity contribution is 6.31. The Kier molecular flexibility index (Phi) is 4.46. The van der Waals surface area contributed by atoms with Crippen LogP contribution in [0.4, 0.5) is 5.69 Å². The van der Waals surface area contributed by atoms with E-state index in [2.05, 4.69) is 5.32 Å². The number of carbonyl (C=O) groups excluding carboxylic acids is 1. The Labute approximate surface area is 127 Å². The molecule has 1 aromatic carbocycles. The molecule has 0 unspecified atom stereocenters. The van der Waals surface area contributed by atoms with Crippen molar-refractivity contribution in [2.75, 3.05) is 5.32 Å². The van der Waals surface area contributed by atoms with E-state index < -0.39 is 5.91 Å². The van der Waals surface area contributed by atoms with Crippen molar-refractivity contribution in [3.63, 3.8) is 0 Å². The molecule has 1 aromatic heterocycles. The minimum atomic E-state index is -0.503. The molecule has 0 spiro atoms. The highest BCUT2D eigenvalue weighted by Crippen LogP contribution is 2.21. The SMILES string of the molecule is Cc1ccc(/C=C(/C#N)C(=O)Nc2cc(Cl)ccc2C)o1. The minimum Gasteiger partial charge on any atom is -0.462 e. The van der Waals surface area contributed by atoms with Crippen LogP contribution in [0.25, 0.3) is 6.08 Å². The maximum absolute atomic E-state index is 12.1. The molecule has 21 heavy (non-hydrogen) atoms. The van der Waals surface area contributed by atoms with Gasteiger partial charge in [0.15, 0.2) is 0 Å². The second-order valence-electron chi connectivity index (χ2n) is 4.53. The van der Waals surface area contributed by atoms with E-state index in [9.17, 15) is 4.79 Å². The number of benzene rings is 1. The second kappa shape index (κ2) is 6.29. The first-order valence-electron chi connectivity index (χ1n) is 6.25. The van der Waals surface area contributed by atoms with Gasteiger partial charge in [-0.2, -0.15) is 5.26 Å². The Balaban J connectivity index is 2.23. The molecule has 0 atom stereocenters. The normalized spacial score (nSPS) is 11.0. The number of nitrogens with zero attached hydrogens (tertiary/aromatic N) is 1. The highest BCUT2D eigenvalue weighted by atomic mass is 35.5. The van der Waals surface area contributed by atoms with Crippen LogP contribution < -0.4 is 5.32 Å². The molecule has 0 aliphatic heterocycles. The van der Waals surface area contributed by atoms with Crippen LogP contribution in [0.3, 0.4) is 0 Å². The Hall–Kier alpha value is -2.51. The number of halogens is 1. The lowest BCUT2D eigenvalue weighted by Crippen LogP contribution is -2.14. The van der Waals surface area contributed by atoms with Crippen LogP contribution >= 0.6 is 11.6 Å². The fourth-order valence-corrected chi connectivity index (χ4v) is 1.91. The Bertz CT molecular complexity index is 754. The van der Waals surface area contributed by atoms with Crippen molar-refractivity contribution in [3.8, 4) is 6.07 Å². The molecule has 106 valence electrons. The molecule has 1 heterocycles. The van der Waals surface area contributed by atoms with Gasteiger partial charge in [0, 0.05) is 16.8 Å². The van der Waals surface area contributed by atoms with Crippen molar-refractivity contribution in [2.45, 2.75) is 13.8 Å². The standard InChI is InChI=1S/C16H13ClN2O2/c1-10-3-5-13(17)8-15(10)19-16(20)12(9-18)7-14-6-4-11(2)21-14/h3-8H,1-2H3,(H,19,20)/b12-7-. The van der Waals surface area contributed by atoms with Crippen molar-refractivity contribution in [1.29, 1.82) is 5.26 Å². The number of carbonyl (C=O) groups is 1. The summed E-state index contributed by atoms with van der Waals surface area (Å²) in [4.78, 5) is 12.1. The molecule has 0 fully saturated rings. The molecule has 1 N–H and O–H groups in total. The van der Waals surface area contributed by atoms with Gasteiger partial charge in [0.2, 0.25) is 0 Å². The molecule has 5 heteroatoms. The number of aryl methyl sites for hydroxylation is 2. The van der Waals surface area contributed by atoms with Gasteiger partial charge in [0.1, 0.15) is 23.2 Å². The maximum atomic E-state index is 12.1. The predicted molar refractivity (Wildman–Crippen MR) is 81.9 cm³/mol. The number of amides is 1. The molecule has 0 saturated carbocycles. The number of hydrogen-bond donors (Lipinski definition) is 1. The van der Waals surface area contributed by atoms with Gasteiger partial charge in [-0.3, -0.25) is 4.79 Å². The Morgan fingerprint density at radius 1 is 1.33 bits per heavy atom. The van der Waals surface area contributed by atoms with Gasteiger partial charge in [-0.15, -0.1) is 0 Å². The van der Waals surface area contributed by atoms with E-state index >= 15 is 0 Å². The van der Waals surface area contributed by atoms with Crippen molar-refractivity contribution in [3.05, 3.63) is 58.0 Å². The predicted octanol–water partition coefficient (Wildman–Crippen LogP) is 4.10. The van der Waals surface area contributed by atoms with Crippen molar-refractivity contribution in [2.24, 2.45) is 0 Å². The number of furan rings is 1. The zero-order valence-corrected chi connectivity index (χ0v) is 12.4. The van der Waals surface area contributed by atoms with Crippen LogP contribution in [0.15, 0.2) is 40.3 Å². The maximum Gasteiger partial charge on any atom is 0.266 e. The van der Waals surface area contributed by atoms with E-state index in [1.54, 1.807) is 37.3 Å². The number of nitriles is 1. The van der Waals surface area contributed by atoms with Gasteiger partial charge in [-0.25, -0.2) is 0 Å². The quantitative estimate of drug-likeness (QED) is 0.685. The zero-order chi connectivity index (χ0) is 15.4. The van der Waals surface area contributed by atoms with E-state index in [4.69, 9.17) is 21.3 Å². The Morgan fingerprint density at radius 2 is 2.10 bits per heavy atom. The lowest BCUT2D eigenvalue weighted by molar-refractivity contribution is -0.112. The van der Waals surface area contributed by atoms with Crippen LogP contribution in [-0.4, -0.2) is 5.91 Å². The monoisotopic (exact) mass is 300 g/mol. The van der Waals surface area contributed by atoms with Gasteiger partial charge >= 0.3 is 0 Å². The number of hydrogen-bond acceptors (Lipinski definition) is 3. The van der Waals surface area contributed by atoms with E-state index in [0.717, 1.165) is 5.56 Å². The summed E-state index contributed by atoms with van der Waals surface area (Å²) < 4.78 is 5.33. The van der Waals surface area contributed by atoms with Crippen LogP contribution in [0, 0.1) is 25.2 Å². The third kappa shape index (κ3) is 3.74. The van der Waals surface area contributed by atoms with E-state index in [1.165, 1.54) is 6.08 Å². The summed E-state index contributed by atoms with van der Waals surface area (Å²) in [5.74, 6) is 0.670. The topological polar surface area (TPSA) is 66.0 Å². The summed E-state index contributed by atoms with van der Waals surface area (Å²) in [5, 5.41) is 12.3. The second-order valence-corrected chi connectivity index (χ2v) is 4.97. The number of nitrogens with one attached hydrogen (secondary N) is 1.